The molecule has 0 aliphatic heterocycles. The molecule has 0 aromatic carbocycles. The van der Waals surface area contributed by atoms with Crippen LogP contribution in [0.25, 0.3) is 11.5 Å². The monoisotopic (exact) mass is 217 g/mol. The van der Waals surface area contributed by atoms with Crippen LogP contribution in [0.3, 0.4) is 0 Å². The highest BCUT2D eigenvalue weighted by Crippen LogP contribution is 2.13. The molecule has 6 heteroatoms. The number of rotatable bonds is 2. The second-order valence-corrected chi connectivity index (χ2v) is 3.06. The summed E-state index contributed by atoms with van der Waals surface area (Å²) in [5.74, 6) is 1.15. The molecule has 0 aliphatic rings. The van der Waals surface area contributed by atoms with E-state index in [2.05, 4.69) is 25.6 Å². The third kappa shape index (κ3) is 2.17. The van der Waals surface area contributed by atoms with E-state index in [0.717, 1.165) is 5.69 Å². The van der Waals surface area contributed by atoms with Crippen LogP contribution in [-0.4, -0.2) is 28.0 Å². The Hall–Kier alpha value is -2.37. The van der Waals surface area contributed by atoms with Crippen LogP contribution in [0.1, 0.15) is 0 Å². The molecule has 6 nitrogen and oxygen atoms in total. The summed E-state index contributed by atoms with van der Waals surface area (Å²) >= 11 is 0. The van der Waals surface area contributed by atoms with Crippen molar-refractivity contribution in [2.45, 2.75) is 0 Å². The number of carbonyl (C=O) groups excluding carboxylic acids is 1. The topological polar surface area (TPSA) is 82.7 Å². The molecule has 2 aromatic heterocycles. The van der Waals surface area contributed by atoms with Gasteiger partial charge in [-0.25, -0.2) is 9.78 Å². The molecule has 0 fully saturated rings. The number of hydrogen-bond donors (Lipinski definition) is 3. The highest BCUT2D eigenvalue weighted by Gasteiger charge is 2.05. The van der Waals surface area contributed by atoms with Gasteiger partial charge < -0.3 is 10.3 Å². The van der Waals surface area contributed by atoms with Gasteiger partial charge >= 0.3 is 6.03 Å². The fourth-order valence-electron chi connectivity index (χ4n) is 1.20. The van der Waals surface area contributed by atoms with Gasteiger partial charge in [0.25, 0.3) is 0 Å². The van der Waals surface area contributed by atoms with E-state index in [1.165, 1.54) is 0 Å². The highest BCUT2D eigenvalue weighted by atomic mass is 16.2. The highest BCUT2D eigenvalue weighted by molar-refractivity contribution is 5.88. The quantitative estimate of drug-likeness (QED) is 0.707. The first-order valence-corrected chi connectivity index (χ1v) is 4.75. The number of amides is 2. The number of anilines is 1. The molecule has 82 valence electrons. The zero-order valence-corrected chi connectivity index (χ0v) is 8.69. The van der Waals surface area contributed by atoms with Crippen molar-refractivity contribution in [3.05, 3.63) is 30.6 Å². The normalized spacial score (nSPS) is 9.81. The van der Waals surface area contributed by atoms with Crippen LogP contribution in [-0.2, 0) is 0 Å². The van der Waals surface area contributed by atoms with Crippen LogP contribution in [0.5, 0.6) is 0 Å². The van der Waals surface area contributed by atoms with Crippen molar-refractivity contribution in [2.24, 2.45) is 0 Å². The first-order chi connectivity index (χ1) is 7.79. The average Bonchev–Trinajstić information content (AvgIpc) is 2.78. The molecule has 0 aliphatic carbocycles. The van der Waals surface area contributed by atoms with Crippen molar-refractivity contribution in [2.75, 3.05) is 12.4 Å². The van der Waals surface area contributed by atoms with Gasteiger partial charge in [-0.1, -0.05) is 6.07 Å². The van der Waals surface area contributed by atoms with Gasteiger partial charge in [-0.3, -0.25) is 10.3 Å². The van der Waals surface area contributed by atoms with Gasteiger partial charge in [-0.15, -0.1) is 0 Å². The number of aromatic nitrogens is 3. The van der Waals surface area contributed by atoms with Crippen LogP contribution in [0.15, 0.2) is 30.6 Å². The van der Waals surface area contributed by atoms with Crippen molar-refractivity contribution in [1.82, 2.24) is 20.3 Å². The summed E-state index contributed by atoms with van der Waals surface area (Å²) in [5.41, 5.74) is 0.729. The van der Waals surface area contributed by atoms with Crippen molar-refractivity contribution in [3.63, 3.8) is 0 Å². The third-order valence-corrected chi connectivity index (χ3v) is 1.96. The minimum Gasteiger partial charge on any atom is -0.341 e. The Bertz CT molecular complexity index is 479. The van der Waals surface area contributed by atoms with E-state index in [-0.39, 0.29) is 6.03 Å². The van der Waals surface area contributed by atoms with Crippen molar-refractivity contribution < 1.29 is 4.79 Å². The standard InChI is InChI=1S/C10H11N5O/c1-11-10(16)15-8-6-13-9(14-8)7-4-2-3-5-12-7/h2-6H,1H3,(H,13,14)(H2,11,15,16). The summed E-state index contributed by atoms with van der Waals surface area (Å²) in [5, 5.41) is 5.03. The van der Waals surface area contributed by atoms with E-state index in [0.29, 0.717) is 11.6 Å². The van der Waals surface area contributed by atoms with E-state index in [1.54, 1.807) is 19.4 Å². The Labute approximate surface area is 92.1 Å². The van der Waals surface area contributed by atoms with Crippen LogP contribution in [0.4, 0.5) is 10.6 Å². The Kier molecular flexibility index (Phi) is 2.81. The van der Waals surface area contributed by atoms with Gasteiger partial charge in [0.05, 0.1) is 6.20 Å². The fourth-order valence-corrected chi connectivity index (χ4v) is 1.20. The molecule has 0 spiro atoms. The Morgan fingerprint density at radius 2 is 2.25 bits per heavy atom. The molecular formula is C10H11N5O. The molecule has 0 saturated carbocycles. The largest absolute Gasteiger partial charge is 0.341 e. The van der Waals surface area contributed by atoms with Crippen molar-refractivity contribution in [3.8, 4) is 11.5 Å². The number of pyridine rings is 1. The average molecular weight is 217 g/mol. The molecule has 0 bridgehead atoms. The Morgan fingerprint density at radius 3 is 2.94 bits per heavy atom. The Morgan fingerprint density at radius 1 is 1.38 bits per heavy atom. The lowest BCUT2D eigenvalue weighted by Crippen LogP contribution is -2.24. The molecule has 16 heavy (non-hydrogen) atoms. The lowest BCUT2D eigenvalue weighted by atomic mass is 10.3. The minimum absolute atomic E-state index is 0.295. The lowest BCUT2D eigenvalue weighted by molar-refractivity contribution is 0.254. The summed E-state index contributed by atoms with van der Waals surface area (Å²) in [6.07, 6.45) is 3.23. The molecule has 2 amide bonds. The number of nitrogens with one attached hydrogen (secondary N) is 3. The molecule has 2 heterocycles. The molecular weight excluding hydrogens is 206 g/mol. The SMILES string of the molecule is CNC(=O)Nc1cnc(-c2ccccn2)[nH]1. The Balaban J connectivity index is 2.17. The van der Waals surface area contributed by atoms with E-state index in [1.807, 2.05) is 18.2 Å². The van der Waals surface area contributed by atoms with Gasteiger partial charge in [-0.2, -0.15) is 0 Å². The molecule has 3 N–H and O–H groups in total. The molecule has 0 saturated heterocycles. The smallest absolute Gasteiger partial charge is 0.320 e. The van der Waals surface area contributed by atoms with Crippen molar-refractivity contribution in [1.29, 1.82) is 0 Å². The van der Waals surface area contributed by atoms with Gasteiger partial charge in [-0.05, 0) is 12.1 Å². The summed E-state index contributed by atoms with van der Waals surface area (Å²) in [6, 6.07) is 5.24. The maximum Gasteiger partial charge on any atom is 0.320 e. The summed E-state index contributed by atoms with van der Waals surface area (Å²) in [6.45, 7) is 0. The predicted molar refractivity (Wildman–Crippen MR) is 59.9 cm³/mol. The van der Waals surface area contributed by atoms with Crippen molar-refractivity contribution >= 4 is 11.8 Å². The first-order valence-electron chi connectivity index (χ1n) is 4.75. The summed E-state index contributed by atoms with van der Waals surface area (Å²) < 4.78 is 0. The molecule has 0 radical (unpaired) electrons. The molecule has 0 atom stereocenters. The maximum absolute atomic E-state index is 11.0. The van der Waals surface area contributed by atoms with E-state index in [9.17, 15) is 4.79 Å². The number of urea groups is 1. The second-order valence-electron chi connectivity index (χ2n) is 3.06. The lowest BCUT2D eigenvalue weighted by Gasteiger charge is -1.99. The van der Waals surface area contributed by atoms with Gasteiger partial charge in [0.2, 0.25) is 0 Å². The van der Waals surface area contributed by atoms with E-state index >= 15 is 0 Å². The van der Waals surface area contributed by atoms with Crippen LogP contribution >= 0.6 is 0 Å². The molecule has 2 rings (SSSR count). The number of aromatic amines is 1. The van der Waals surface area contributed by atoms with Gasteiger partial charge in [0.1, 0.15) is 11.5 Å². The van der Waals surface area contributed by atoms with Crippen LogP contribution < -0.4 is 10.6 Å². The van der Waals surface area contributed by atoms with Gasteiger partial charge in [0, 0.05) is 13.2 Å². The van der Waals surface area contributed by atoms with E-state index in [4.69, 9.17) is 0 Å². The summed E-state index contributed by atoms with van der Waals surface area (Å²) in [4.78, 5) is 22.2. The molecule has 0 unspecified atom stereocenters. The maximum atomic E-state index is 11.0. The van der Waals surface area contributed by atoms with Gasteiger partial charge in [0.15, 0.2) is 5.82 Å². The van der Waals surface area contributed by atoms with E-state index < -0.39 is 0 Å². The fraction of sp³-hybridized carbons (Fsp3) is 0.100. The zero-order valence-electron chi connectivity index (χ0n) is 8.69. The number of imidazole rings is 1. The summed E-state index contributed by atoms with van der Waals surface area (Å²) in [7, 11) is 1.55. The van der Waals surface area contributed by atoms with Crippen LogP contribution in [0, 0.1) is 0 Å². The van der Waals surface area contributed by atoms with Crippen LogP contribution in [0.2, 0.25) is 0 Å². The number of hydrogen-bond acceptors (Lipinski definition) is 3. The minimum atomic E-state index is -0.295. The number of carbonyl (C=O) groups is 1. The number of H-pyrrole nitrogens is 1. The second kappa shape index (κ2) is 4.43. The predicted octanol–water partition coefficient (Wildman–Crippen LogP) is 1.22. The zero-order chi connectivity index (χ0) is 11.4. The molecule has 2 aromatic rings. The first kappa shape index (κ1) is 10.2. The third-order valence-electron chi connectivity index (χ3n) is 1.96. The number of nitrogens with zero attached hydrogens (tertiary/aromatic N) is 2.